The maximum Gasteiger partial charge on any atom is 0.125 e. The van der Waals surface area contributed by atoms with Crippen LogP contribution in [-0.4, -0.2) is 25.9 Å². The molecule has 1 aromatic carbocycles. The first-order valence-electron chi connectivity index (χ1n) is 6.85. The van der Waals surface area contributed by atoms with E-state index in [-0.39, 0.29) is 12.1 Å². The van der Waals surface area contributed by atoms with Crippen LogP contribution in [0.2, 0.25) is 0 Å². The third kappa shape index (κ3) is 3.94. The predicted molar refractivity (Wildman–Crippen MR) is 80.7 cm³/mol. The molecule has 0 radical (unpaired) electrons. The molecule has 0 bridgehead atoms. The second-order valence-corrected chi connectivity index (χ2v) is 6.07. The molecule has 4 heteroatoms. The summed E-state index contributed by atoms with van der Waals surface area (Å²) >= 11 is 3.50. The van der Waals surface area contributed by atoms with Gasteiger partial charge in [-0.2, -0.15) is 0 Å². The summed E-state index contributed by atoms with van der Waals surface area (Å²) in [5, 5.41) is 3.25. The normalized spacial score (nSPS) is 24.4. The van der Waals surface area contributed by atoms with Gasteiger partial charge in [-0.15, -0.1) is 0 Å². The molecule has 0 saturated carbocycles. The molecule has 1 N–H and O–H groups in total. The Kier molecular flexibility index (Phi) is 5.25. The van der Waals surface area contributed by atoms with Crippen molar-refractivity contribution in [2.24, 2.45) is 0 Å². The van der Waals surface area contributed by atoms with Crippen LogP contribution < -0.4 is 10.1 Å². The number of nitrogens with one attached hydrogen (secondary N) is 1. The lowest BCUT2D eigenvalue weighted by Gasteiger charge is -2.19. The van der Waals surface area contributed by atoms with Crippen LogP contribution in [0, 0.1) is 0 Å². The molecule has 106 valence electrons. The molecule has 1 fully saturated rings. The number of halogens is 1. The molecule has 1 aromatic rings. The van der Waals surface area contributed by atoms with Crippen molar-refractivity contribution in [1.29, 1.82) is 0 Å². The lowest BCUT2D eigenvalue weighted by atomic mass is 10.1. The predicted octanol–water partition coefficient (Wildman–Crippen LogP) is 3.68. The van der Waals surface area contributed by atoms with Gasteiger partial charge in [0.1, 0.15) is 12.4 Å². The summed E-state index contributed by atoms with van der Waals surface area (Å²) in [4.78, 5) is 0. The third-order valence-corrected chi connectivity index (χ3v) is 4.11. The number of hydrogen-bond donors (Lipinski definition) is 1. The summed E-state index contributed by atoms with van der Waals surface area (Å²) in [6.07, 6.45) is 2.82. The summed E-state index contributed by atoms with van der Waals surface area (Å²) in [7, 11) is 1.96. The van der Waals surface area contributed by atoms with Crippen molar-refractivity contribution in [2.75, 3.05) is 13.7 Å². The Morgan fingerprint density at radius 1 is 1.47 bits per heavy atom. The maximum atomic E-state index is 5.98. The van der Waals surface area contributed by atoms with Crippen molar-refractivity contribution >= 4 is 15.9 Å². The Bertz CT molecular complexity index is 425. The molecule has 3 nitrogen and oxygen atoms in total. The molecule has 2 rings (SSSR count). The van der Waals surface area contributed by atoms with Gasteiger partial charge >= 0.3 is 0 Å². The Hall–Kier alpha value is -0.580. The molecule has 0 aromatic heterocycles. The summed E-state index contributed by atoms with van der Waals surface area (Å²) in [5.41, 5.74) is 1.18. The lowest BCUT2D eigenvalue weighted by Crippen LogP contribution is -2.20. The SMILES string of the molecule is CNC(C)c1ccc(Br)cc1OCC1CCC(C)O1. The van der Waals surface area contributed by atoms with Crippen LogP contribution in [0.15, 0.2) is 22.7 Å². The average Bonchev–Trinajstić information content (AvgIpc) is 2.81. The molecule has 1 aliphatic rings. The van der Waals surface area contributed by atoms with Crippen LogP contribution in [0.4, 0.5) is 0 Å². The molecular formula is C15H22BrNO2. The van der Waals surface area contributed by atoms with Crippen LogP contribution in [0.5, 0.6) is 5.75 Å². The first kappa shape index (κ1) is 14.8. The first-order valence-corrected chi connectivity index (χ1v) is 7.64. The van der Waals surface area contributed by atoms with E-state index in [1.54, 1.807) is 0 Å². The fraction of sp³-hybridized carbons (Fsp3) is 0.600. The minimum Gasteiger partial charge on any atom is -0.490 e. The quantitative estimate of drug-likeness (QED) is 0.894. The van der Waals surface area contributed by atoms with Crippen molar-refractivity contribution in [3.63, 3.8) is 0 Å². The number of benzene rings is 1. The fourth-order valence-electron chi connectivity index (χ4n) is 2.34. The van der Waals surface area contributed by atoms with Gasteiger partial charge in [0, 0.05) is 16.1 Å². The molecule has 0 amide bonds. The van der Waals surface area contributed by atoms with Crippen LogP contribution in [0.1, 0.15) is 38.3 Å². The zero-order valence-corrected chi connectivity index (χ0v) is 13.4. The topological polar surface area (TPSA) is 30.5 Å². The first-order chi connectivity index (χ1) is 9.10. The van der Waals surface area contributed by atoms with Gasteiger partial charge in [-0.3, -0.25) is 0 Å². The molecule has 0 aliphatic carbocycles. The van der Waals surface area contributed by atoms with Crippen molar-refractivity contribution in [2.45, 2.75) is 44.9 Å². The molecular weight excluding hydrogens is 306 g/mol. The van der Waals surface area contributed by atoms with Gasteiger partial charge in [0.2, 0.25) is 0 Å². The number of hydrogen-bond acceptors (Lipinski definition) is 3. The zero-order valence-electron chi connectivity index (χ0n) is 11.8. The van der Waals surface area contributed by atoms with Gasteiger partial charge in [-0.05, 0) is 45.9 Å². The van der Waals surface area contributed by atoms with E-state index in [0.29, 0.717) is 12.7 Å². The largest absolute Gasteiger partial charge is 0.490 e. The Labute approximate surface area is 123 Å². The fourth-order valence-corrected chi connectivity index (χ4v) is 2.68. The minimum atomic E-state index is 0.228. The highest BCUT2D eigenvalue weighted by Crippen LogP contribution is 2.29. The highest BCUT2D eigenvalue weighted by Gasteiger charge is 2.22. The van der Waals surface area contributed by atoms with Gasteiger partial charge < -0.3 is 14.8 Å². The van der Waals surface area contributed by atoms with E-state index in [1.165, 1.54) is 5.56 Å². The Balaban J connectivity index is 2.03. The van der Waals surface area contributed by atoms with E-state index in [0.717, 1.165) is 23.1 Å². The molecule has 19 heavy (non-hydrogen) atoms. The van der Waals surface area contributed by atoms with E-state index in [1.807, 2.05) is 19.2 Å². The number of rotatable bonds is 5. The molecule has 0 spiro atoms. The van der Waals surface area contributed by atoms with Gasteiger partial charge in [0.15, 0.2) is 0 Å². The molecule has 1 heterocycles. The average molecular weight is 328 g/mol. The summed E-state index contributed by atoms with van der Waals surface area (Å²) in [6, 6.07) is 6.44. The Morgan fingerprint density at radius 3 is 2.89 bits per heavy atom. The van der Waals surface area contributed by atoms with E-state index in [2.05, 4.69) is 41.2 Å². The monoisotopic (exact) mass is 327 g/mol. The minimum absolute atomic E-state index is 0.228. The lowest BCUT2D eigenvalue weighted by molar-refractivity contribution is 0.0261. The number of ether oxygens (including phenoxy) is 2. The Morgan fingerprint density at radius 2 is 2.26 bits per heavy atom. The van der Waals surface area contributed by atoms with Crippen LogP contribution >= 0.6 is 15.9 Å². The van der Waals surface area contributed by atoms with E-state index in [9.17, 15) is 0 Å². The summed E-state index contributed by atoms with van der Waals surface area (Å²) < 4.78 is 12.8. The smallest absolute Gasteiger partial charge is 0.125 e. The third-order valence-electron chi connectivity index (χ3n) is 3.62. The van der Waals surface area contributed by atoms with Crippen LogP contribution in [0.3, 0.4) is 0 Å². The molecule has 3 unspecified atom stereocenters. The van der Waals surface area contributed by atoms with Gasteiger partial charge in [0.25, 0.3) is 0 Å². The second kappa shape index (κ2) is 6.73. The second-order valence-electron chi connectivity index (χ2n) is 5.15. The van der Waals surface area contributed by atoms with Crippen LogP contribution in [0.25, 0.3) is 0 Å². The maximum absolute atomic E-state index is 5.98. The molecule has 1 aliphatic heterocycles. The molecule has 3 atom stereocenters. The highest BCUT2D eigenvalue weighted by molar-refractivity contribution is 9.10. The standard InChI is InChI=1S/C15H22BrNO2/c1-10-4-6-13(19-10)9-18-15-8-12(16)5-7-14(15)11(2)17-3/h5,7-8,10-11,13,17H,4,6,9H2,1-3H3. The van der Waals surface area contributed by atoms with E-state index < -0.39 is 0 Å². The van der Waals surface area contributed by atoms with Crippen molar-refractivity contribution in [3.05, 3.63) is 28.2 Å². The van der Waals surface area contributed by atoms with Crippen molar-refractivity contribution in [1.82, 2.24) is 5.32 Å². The van der Waals surface area contributed by atoms with Gasteiger partial charge in [0.05, 0.1) is 12.2 Å². The van der Waals surface area contributed by atoms with Crippen LogP contribution in [-0.2, 0) is 4.74 Å². The molecule has 1 saturated heterocycles. The van der Waals surface area contributed by atoms with Gasteiger partial charge in [-0.25, -0.2) is 0 Å². The van der Waals surface area contributed by atoms with Crippen molar-refractivity contribution < 1.29 is 9.47 Å². The van der Waals surface area contributed by atoms with Gasteiger partial charge in [-0.1, -0.05) is 22.0 Å². The van der Waals surface area contributed by atoms with E-state index in [4.69, 9.17) is 9.47 Å². The summed E-state index contributed by atoms with van der Waals surface area (Å²) in [5.74, 6) is 0.930. The zero-order chi connectivity index (χ0) is 13.8. The highest BCUT2D eigenvalue weighted by atomic mass is 79.9. The van der Waals surface area contributed by atoms with E-state index >= 15 is 0 Å². The van der Waals surface area contributed by atoms with Crippen molar-refractivity contribution in [3.8, 4) is 5.75 Å². The summed E-state index contributed by atoms with van der Waals surface area (Å²) in [6.45, 7) is 4.88.